The molecule has 1 aromatic carbocycles. The standard InChI is InChI=1S/C16H18N4O6/c1-10-12(19(22)23)7-11(8-13(10)20(24)25)16(21)17-9-14(18(2)3)15-5-4-6-26-15/h4-8,14H,9H2,1-3H3,(H,17,21). The number of nitro benzene ring substituents is 2. The lowest BCUT2D eigenvalue weighted by molar-refractivity contribution is -0.395. The third kappa shape index (κ3) is 4.03. The molecule has 1 unspecified atom stereocenters. The highest BCUT2D eigenvalue weighted by atomic mass is 16.6. The summed E-state index contributed by atoms with van der Waals surface area (Å²) in [6.45, 7) is 1.44. The summed E-state index contributed by atoms with van der Waals surface area (Å²) in [5.41, 5.74) is -1.19. The predicted octanol–water partition coefficient (Wildman–Crippen LogP) is 2.44. The minimum Gasteiger partial charge on any atom is -0.468 e. The monoisotopic (exact) mass is 362 g/mol. The lowest BCUT2D eigenvalue weighted by Crippen LogP contribution is -2.34. The van der Waals surface area contributed by atoms with Crippen molar-refractivity contribution in [1.82, 2.24) is 10.2 Å². The molecule has 10 nitrogen and oxygen atoms in total. The van der Waals surface area contributed by atoms with Gasteiger partial charge in [-0.25, -0.2) is 0 Å². The zero-order chi connectivity index (χ0) is 19.4. The van der Waals surface area contributed by atoms with E-state index in [1.807, 2.05) is 4.90 Å². The van der Waals surface area contributed by atoms with Gasteiger partial charge in [0.2, 0.25) is 0 Å². The lowest BCUT2D eigenvalue weighted by atomic mass is 10.1. The van der Waals surface area contributed by atoms with Crippen LogP contribution in [0.15, 0.2) is 34.9 Å². The Morgan fingerprint density at radius 2 is 1.81 bits per heavy atom. The minimum absolute atomic E-state index is 0.0988. The van der Waals surface area contributed by atoms with E-state index in [0.29, 0.717) is 5.76 Å². The fourth-order valence-electron chi connectivity index (χ4n) is 2.50. The smallest absolute Gasteiger partial charge is 0.279 e. The fraction of sp³-hybridized carbons (Fsp3) is 0.312. The fourth-order valence-corrected chi connectivity index (χ4v) is 2.50. The van der Waals surface area contributed by atoms with Gasteiger partial charge in [0.1, 0.15) is 11.3 Å². The van der Waals surface area contributed by atoms with E-state index in [2.05, 4.69) is 5.32 Å². The zero-order valence-corrected chi connectivity index (χ0v) is 14.5. The van der Waals surface area contributed by atoms with E-state index >= 15 is 0 Å². The van der Waals surface area contributed by atoms with Gasteiger partial charge in [0.05, 0.1) is 27.7 Å². The molecule has 0 saturated carbocycles. The third-order valence-electron chi connectivity index (χ3n) is 3.96. The number of benzene rings is 1. The van der Waals surface area contributed by atoms with E-state index in [9.17, 15) is 25.0 Å². The molecule has 0 aliphatic carbocycles. The first-order valence-electron chi connectivity index (χ1n) is 7.63. The van der Waals surface area contributed by atoms with Gasteiger partial charge in [-0.05, 0) is 33.2 Å². The molecule has 0 fully saturated rings. The van der Waals surface area contributed by atoms with Crippen LogP contribution < -0.4 is 5.32 Å². The maximum Gasteiger partial charge on any atom is 0.279 e. The van der Waals surface area contributed by atoms with Crippen LogP contribution in [0.4, 0.5) is 11.4 Å². The first-order valence-corrected chi connectivity index (χ1v) is 7.63. The highest BCUT2D eigenvalue weighted by Gasteiger charge is 2.26. The Bertz CT molecular complexity index is 796. The molecule has 0 bridgehead atoms. The number of hydrogen-bond donors (Lipinski definition) is 1. The van der Waals surface area contributed by atoms with Gasteiger partial charge in [-0.2, -0.15) is 0 Å². The van der Waals surface area contributed by atoms with Crippen LogP contribution in [0.1, 0.15) is 27.7 Å². The van der Waals surface area contributed by atoms with Crippen LogP contribution in [0.25, 0.3) is 0 Å². The molecule has 1 atom stereocenters. The van der Waals surface area contributed by atoms with Gasteiger partial charge in [0.25, 0.3) is 17.3 Å². The normalized spacial score (nSPS) is 12.0. The van der Waals surface area contributed by atoms with Crippen molar-refractivity contribution in [1.29, 1.82) is 0 Å². The second kappa shape index (κ2) is 7.74. The van der Waals surface area contributed by atoms with Crippen molar-refractivity contribution < 1.29 is 19.1 Å². The van der Waals surface area contributed by atoms with E-state index in [0.717, 1.165) is 12.1 Å². The molecular formula is C16H18N4O6. The topological polar surface area (TPSA) is 132 Å². The number of nitrogens with zero attached hydrogens (tertiary/aromatic N) is 3. The summed E-state index contributed by atoms with van der Waals surface area (Å²) in [6.07, 6.45) is 1.51. The molecule has 26 heavy (non-hydrogen) atoms. The van der Waals surface area contributed by atoms with E-state index in [-0.39, 0.29) is 23.7 Å². The van der Waals surface area contributed by atoms with Crippen LogP contribution in [-0.4, -0.2) is 41.3 Å². The zero-order valence-electron chi connectivity index (χ0n) is 14.5. The van der Waals surface area contributed by atoms with Crippen LogP contribution in [0.5, 0.6) is 0 Å². The summed E-state index contributed by atoms with van der Waals surface area (Å²) < 4.78 is 5.34. The number of rotatable bonds is 7. The second-order valence-electron chi connectivity index (χ2n) is 5.86. The maximum absolute atomic E-state index is 12.4. The minimum atomic E-state index is -0.745. The van der Waals surface area contributed by atoms with Crippen LogP contribution >= 0.6 is 0 Å². The van der Waals surface area contributed by atoms with Crippen molar-refractivity contribution in [3.05, 3.63) is 67.6 Å². The average molecular weight is 362 g/mol. The Balaban J connectivity index is 2.26. The number of furan rings is 1. The highest BCUT2D eigenvalue weighted by molar-refractivity contribution is 5.96. The number of nitro groups is 2. The van der Waals surface area contributed by atoms with Gasteiger partial charge in [0, 0.05) is 18.7 Å². The molecule has 1 N–H and O–H groups in total. The first-order chi connectivity index (χ1) is 12.2. The number of hydrogen-bond acceptors (Lipinski definition) is 7. The summed E-state index contributed by atoms with van der Waals surface area (Å²) >= 11 is 0. The number of amides is 1. The number of carbonyl (C=O) groups is 1. The van der Waals surface area contributed by atoms with Crippen molar-refractivity contribution in [3.8, 4) is 0 Å². The van der Waals surface area contributed by atoms with E-state index in [1.54, 1.807) is 26.2 Å². The molecule has 1 heterocycles. The predicted molar refractivity (Wildman–Crippen MR) is 92.0 cm³/mol. The molecule has 0 saturated heterocycles. The Kier molecular flexibility index (Phi) is 5.68. The molecule has 1 amide bonds. The Morgan fingerprint density at radius 3 is 2.23 bits per heavy atom. The molecule has 0 spiro atoms. The second-order valence-corrected chi connectivity index (χ2v) is 5.86. The van der Waals surface area contributed by atoms with Gasteiger partial charge < -0.3 is 9.73 Å². The molecule has 0 radical (unpaired) electrons. The van der Waals surface area contributed by atoms with Crippen molar-refractivity contribution in [2.45, 2.75) is 13.0 Å². The van der Waals surface area contributed by atoms with Crippen LogP contribution in [-0.2, 0) is 0 Å². The van der Waals surface area contributed by atoms with Gasteiger partial charge in [-0.1, -0.05) is 0 Å². The summed E-state index contributed by atoms with van der Waals surface area (Å²) in [5.74, 6) is -0.00854. The van der Waals surface area contributed by atoms with Gasteiger partial charge >= 0.3 is 0 Å². The Labute approximate surface area is 148 Å². The number of likely N-dealkylation sites (N-methyl/N-ethyl adjacent to an activating group) is 1. The molecule has 10 heteroatoms. The Hall–Kier alpha value is -3.27. The van der Waals surface area contributed by atoms with Crippen LogP contribution in [0.2, 0.25) is 0 Å². The maximum atomic E-state index is 12.4. The van der Waals surface area contributed by atoms with Crippen molar-refractivity contribution in [3.63, 3.8) is 0 Å². The van der Waals surface area contributed by atoms with Crippen molar-refractivity contribution in [2.75, 3.05) is 20.6 Å². The molecule has 2 rings (SSSR count). The first kappa shape index (κ1) is 19.1. The highest BCUT2D eigenvalue weighted by Crippen LogP contribution is 2.29. The van der Waals surface area contributed by atoms with Crippen LogP contribution in [0.3, 0.4) is 0 Å². The third-order valence-corrected chi connectivity index (χ3v) is 3.96. The van der Waals surface area contributed by atoms with E-state index < -0.39 is 27.1 Å². The molecule has 0 aliphatic heterocycles. The van der Waals surface area contributed by atoms with Crippen molar-refractivity contribution >= 4 is 17.3 Å². The molecule has 1 aromatic heterocycles. The van der Waals surface area contributed by atoms with Crippen molar-refractivity contribution in [2.24, 2.45) is 0 Å². The Morgan fingerprint density at radius 1 is 1.23 bits per heavy atom. The molecular weight excluding hydrogens is 344 g/mol. The van der Waals surface area contributed by atoms with Crippen LogP contribution in [0, 0.1) is 27.2 Å². The van der Waals surface area contributed by atoms with Gasteiger partial charge in [-0.3, -0.25) is 29.9 Å². The quantitative estimate of drug-likeness (QED) is 0.591. The summed E-state index contributed by atoms with van der Waals surface area (Å²) in [4.78, 5) is 35.0. The molecule has 2 aromatic rings. The molecule has 0 aliphatic rings. The van der Waals surface area contributed by atoms with Gasteiger partial charge in [-0.15, -0.1) is 0 Å². The SMILES string of the molecule is Cc1c([N+](=O)[O-])cc(C(=O)NCC(c2ccco2)N(C)C)cc1[N+](=O)[O-]. The largest absolute Gasteiger partial charge is 0.468 e. The summed E-state index contributed by atoms with van der Waals surface area (Å²) in [6, 6.07) is 5.30. The lowest BCUT2D eigenvalue weighted by Gasteiger charge is -2.22. The summed E-state index contributed by atoms with van der Waals surface area (Å²) in [5, 5.41) is 24.9. The van der Waals surface area contributed by atoms with E-state index in [4.69, 9.17) is 4.42 Å². The number of carbonyl (C=O) groups excluding carboxylic acids is 1. The van der Waals surface area contributed by atoms with E-state index in [1.165, 1.54) is 13.2 Å². The number of nitrogens with one attached hydrogen (secondary N) is 1. The average Bonchev–Trinajstić information content (AvgIpc) is 3.08. The molecule has 138 valence electrons. The van der Waals surface area contributed by atoms with Gasteiger partial charge in [0.15, 0.2) is 0 Å². The summed E-state index contributed by atoms with van der Waals surface area (Å²) in [7, 11) is 3.61.